The highest BCUT2D eigenvalue weighted by Crippen LogP contribution is 2.29. The van der Waals surface area contributed by atoms with Gasteiger partial charge in [-0.15, -0.1) is 0 Å². The maximum absolute atomic E-state index is 5.53. The number of hydrogen-bond donors (Lipinski definition) is 0. The summed E-state index contributed by atoms with van der Waals surface area (Å²) in [5.41, 5.74) is 1.22. The largest absolute Gasteiger partial charge is 0.466 e. The summed E-state index contributed by atoms with van der Waals surface area (Å²) >= 11 is 6.90. The highest BCUT2D eigenvalue weighted by atomic mass is 79.9. The number of alkyl halides is 1. The number of ether oxygens (including phenoxy) is 2. The second kappa shape index (κ2) is 6.03. The molecule has 0 spiro atoms. The van der Waals surface area contributed by atoms with E-state index in [2.05, 4.69) is 31.9 Å². The summed E-state index contributed by atoms with van der Waals surface area (Å²) in [6, 6.07) is 6.04. The molecular formula is C12H14Br2O2. The van der Waals surface area contributed by atoms with Gasteiger partial charge in [0.05, 0.1) is 11.1 Å². The molecule has 1 aliphatic rings. The molecule has 88 valence electrons. The standard InChI is InChI=1S/C12H14Br2O2/c13-6-10-3-4-12(11(14)5-10)16-8-15-7-9-1-2-9/h3-5,9H,1-2,6-8H2. The molecule has 0 N–H and O–H groups in total. The molecule has 0 unspecified atom stereocenters. The average Bonchev–Trinajstić information content (AvgIpc) is 3.10. The van der Waals surface area contributed by atoms with E-state index in [0.29, 0.717) is 6.79 Å². The Labute approximate surface area is 113 Å². The third kappa shape index (κ3) is 3.75. The van der Waals surface area contributed by atoms with Crippen LogP contribution in [-0.2, 0) is 10.1 Å². The molecule has 1 aromatic carbocycles. The molecule has 1 aromatic rings. The minimum Gasteiger partial charge on any atom is -0.466 e. The molecule has 0 atom stereocenters. The lowest BCUT2D eigenvalue weighted by Crippen LogP contribution is -2.05. The molecule has 0 amide bonds. The molecule has 1 fully saturated rings. The van der Waals surface area contributed by atoms with Crippen molar-refractivity contribution < 1.29 is 9.47 Å². The van der Waals surface area contributed by atoms with Crippen molar-refractivity contribution in [3.8, 4) is 5.75 Å². The molecule has 0 radical (unpaired) electrons. The topological polar surface area (TPSA) is 18.5 Å². The van der Waals surface area contributed by atoms with Crippen LogP contribution in [0.2, 0.25) is 0 Å². The van der Waals surface area contributed by atoms with Crippen molar-refractivity contribution in [2.75, 3.05) is 13.4 Å². The van der Waals surface area contributed by atoms with E-state index >= 15 is 0 Å². The van der Waals surface area contributed by atoms with Crippen LogP contribution in [0.25, 0.3) is 0 Å². The Morgan fingerprint density at radius 2 is 2.12 bits per heavy atom. The molecule has 0 saturated heterocycles. The van der Waals surface area contributed by atoms with Crippen LogP contribution in [0.5, 0.6) is 5.75 Å². The van der Waals surface area contributed by atoms with Gasteiger partial charge in [-0.3, -0.25) is 0 Å². The highest BCUT2D eigenvalue weighted by molar-refractivity contribution is 9.10. The van der Waals surface area contributed by atoms with E-state index in [-0.39, 0.29) is 0 Å². The lowest BCUT2D eigenvalue weighted by atomic mass is 10.2. The van der Waals surface area contributed by atoms with Crippen LogP contribution >= 0.6 is 31.9 Å². The fraction of sp³-hybridized carbons (Fsp3) is 0.500. The maximum Gasteiger partial charge on any atom is 0.189 e. The summed E-state index contributed by atoms with van der Waals surface area (Å²) in [5, 5.41) is 0.851. The zero-order chi connectivity index (χ0) is 11.4. The Morgan fingerprint density at radius 3 is 2.75 bits per heavy atom. The molecule has 2 rings (SSSR count). The van der Waals surface area contributed by atoms with E-state index in [1.807, 2.05) is 18.2 Å². The minimum atomic E-state index is 0.336. The SMILES string of the molecule is BrCc1ccc(OCOCC2CC2)c(Br)c1. The molecule has 1 saturated carbocycles. The summed E-state index contributed by atoms with van der Waals surface area (Å²) in [6.07, 6.45) is 2.62. The number of benzene rings is 1. The highest BCUT2D eigenvalue weighted by Gasteiger charge is 2.21. The van der Waals surface area contributed by atoms with Gasteiger partial charge < -0.3 is 9.47 Å². The van der Waals surface area contributed by atoms with Gasteiger partial charge in [0.15, 0.2) is 6.79 Å². The zero-order valence-electron chi connectivity index (χ0n) is 8.92. The Hall–Kier alpha value is -0.0600. The van der Waals surface area contributed by atoms with Crippen molar-refractivity contribution >= 4 is 31.9 Å². The first kappa shape index (κ1) is 12.4. The molecule has 16 heavy (non-hydrogen) atoms. The normalized spacial score (nSPS) is 15.1. The van der Waals surface area contributed by atoms with E-state index in [1.165, 1.54) is 18.4 Å². The van der Waals surface area contributed by atoms with Crippen LogP contribution in [0, 0.1) is 5.92 Å². The fourth-order valence-corrected chi connectivity index (χ4v) is 2.24. The van der Waals surface area contributed by atoms with Gasteiger partial charge in [0.1, 0.15) is 5.75 Å². The number of hydrogen-bond acceptors (Lipinski definition) is 2. The van der Waals surface area contributed by atoms with E-state index in [4.69, 9.17) is 9.47 Å². The Bertz CT molecular complexity index is 351. The number of rotatable bonds is 6. The Kier molecular flexibility index (Phi) is 4.67. The van der Waals surface area contributed by atoms with Gasteiger partial charge in [0.25, 0.3) is 0 Å². The van der Waals surface area contributed by atoms with Crippen LogP contribution in [0.4, 0.5) is 0 Å². The first-order valence-corrected chi connectivity index (χ1v) is 7.26. The lowest BCUT2D eigenvalue weighted by molar-refractivity contribution is 0.00956. The van der Waals surface area contributed by atoms with Gasteiger partial charge in [-0.05, 0) is 52.4 Å². The molecule has 2 nitrogen and oxygen atoms in total. The second-order valence-electron chi connectivity index (χ2n) is 3.97. The van der Waals surface area contributed by atoms with Crippen LogP contribution in [0.1, 0.15) is 18.4 Å². The van der Waals surface area contributed by atoms with Crippen LogP contribution in [-0.4, -0.2) is 13.4 Å². The molecule has 0 aliphatic heterocycles. The van der Waals surface area contributed by atoms with Crippen molar-refractivity contribution in [2.45, 2.75) is 18.2 Å². The summed E-state index contributed by atoms with van der Waals surface area (Å²) in [6.45, 7) is 1.17. The van der Waals surface area contributed by atoms with Crippen LogP contribution in [0.15, 0.2) is 22.7 Å². The van der Waals surface area contributed by atoms with Gasteiger partial charge in [0.2, 0.25) is 0 Å². The fourth-order valence-electron chi connectivity index (χ4n) is 1.35. The van der Waals surface area contributed by atoms with Gasteiger partial charge in [-0.2, -0.15) is 0 Å². The van der Waals surface area contributed by atoms with E-state index in [1.54, 1.807) is 0 Å². The Morgan fingerprint density at radius 1 is 1.31 bits per heavy atom. The van der Waals surface area contributed by atoms with E-state index in [9.17, 15) is 0 Å². The maximum atomic E-state index is 5.53. The molecule has 1 aliphatic carbocycles. The van der Waals surface area contributed by atoms with Crippen LogP contribution in [0.3, 0.4) is 0 Å². The summed E-state index contributed by atoms with van der Waals surface area (Å²) in [7, 11) is 0. The van der Waals surface area contributed by atoms with Crippen molar-refractivity contribution in [1.29, 1.82) is 0 Å². The monoisotopic (exact) mass is 348 g/mol. The number of halogens is 2. The first-order valence-electron chi connectivity index (χ1n) is 5.34. The average molecular weight is 350 g/mol. The first-order chi connectivity index (χ1) is 7.79. The van der Waals surface area contributed by atoms with E-state index < -0.39 is 0 Å². The third-order valence-electron chi connectivity index (χ3n) is 2.50. The van der Waals surface area contributed by atoms with Crippen molar-refractivity contribution in [2.24, 2.45) is 5.92 Å². The van der Waals surface area contributed by atoms with E-state index in [0.717, 1.165) is 28.1 Å². The third-order valence-corrected chi connectivity index (χ3v) is 3.77. The predicted molar refractivity (Wildman–Crippen MR) is 70.9 cm³/mol. The quantitative estimate of drug-likeness (QED) is 0.437. The minimum absolute atomic E-state index is 0.336. The van der Waals surface area contributed by atoms with Crippen molar-refractivity contribution in [3.05, 3.63) is 28.2 Å². The summed E-state index contributed by atoms with van der Waals surface area (Å²) < 4.78 is 11.9. The van der Waals surface area contributed by atoms with Crippen molar-refractivity contribution in [3.63, 3.8) is 0 Å². The lowest BCUT2D eigenvalue weighted by Gasteiger charge is -2.09. The van der Waals surface area contributed by atoms with Crippen molar-refractivity contribution in [1.82, 2.24) is 0 Å². The smallest absolute Gasteiger partial charge is 0.189 e. The molecule has 0 aromatic heterocycles. The molecule has 0 bridgehead atoms. The zero-order valence-corrected chi connectivity index (χ0v) is 12.1. The summed E-state index contributed by atoms with van der Waals surface area (Å²) in [5.74, 6) is 1.61. The Balaban J connectivity index is 1.78. The van der Waals surface area contributed by atoms with Gasteiger partial charge in [-0.1, -0.05) is 22.0 Å². The van der Waals surface area contributed by atoms with Gasteiger partial charge >= 0.3 is 0 Å². The van der Waals surface area contributed by atoms with Gasteiger partial charge in [-0.25, -0.2) is 0 Å². The second-order valence-corrected chi connectivity index (χ2v) is 5.39. The van der Waals surface area contributed by atoms with Gasteiger partial charge in [0, 0.05) is 5.33 Å². The van der Waals surface area contributed by atoms with Crippen LogP contribution < -0.4 is 4.74 Å². The predicted octanol–water partition coefficient (Wildman–Crippen LogP) is 4.11. The molecule has 0 heterocycles. The molecule has 4 heteroatoms. The molecular weight excluding hydrogens is 336 g/mol. The summed E-state index contributed by atoms with van der Waals surface area (Å²) in [4.78, 5) is 0.